The third kappa shape index (κ3) is 3.65. The van der Waals surface area contributed by atoms with Crippen molar-refractivity contribution < 1.29 is 14.3 Å². The monoisotopic (exact) mass is 244 g/mol. The third-order valence-corrected chi connectivity index (χ3v) is 2.91. The molecule has 1 unspecified atom stereocenters. The first-order chi connectivity index (χ1) is 8.10. The average molecular weight is 244 g/mol. The molecule has 1 fully saturated rings. The Morgan fingerprint density at radius 2 is 2.29 bits per heavy atom. The number of hydrogen-bond acceptors (Lipinski definition) is 5. The lowest BCUT2D eigenvalue weighted by Gasteiger charge is -2.27. The Balaban J connectivity index is 2.72. The number of rotatable bonds is 4. The van der Waals surface area contributed by atoms with E-state index in [9.17, 15) is 9.59 Å². The number of hydrazine groups is 1. The SMILES string of the molecule is COCC(C(=O)NN)N1CCCN(C)C(=O)C1. The molecule has 1 aliphatic rings. The number of nitrogens with two attached hydrogens (primary N) is 1. The second-order valence-electron chi connectivity index (χ2n) is 4.12. The van der Waals surface area contributed by atoms with Crippen LogP contribution in [0.3, 0.4) is 0 Å². The van der Waals surface area contributed by atoms with Gasteiger partial charge in [-0.1, -0.05) is 0 Å². The fourth-order valence-electron chi connectivity index (χ4n) is 1.88. The van der Waals surface area contributed by atoms with Crippen LogP contribution < -0.4 is 11.3 Å². The zero-order chi connectivity index (χ0) is 12.8. The Bertz CT molecular complexity index is 285. The molecule has 1 rings (SSSR count). The first-order valence-corrected chi connectivity index (χ1v) is 5.57. The lowest BCUT2D eigenvalue weighted by molar-refractivity contribution is -0.133. The molecule has 1 atom stereocenters. The molecule has 1 heterocycles. The lowest BCUT2D eigenvalue weighted by atomic mass is 10.2. The van der Waals surface area contributed by atoms with Gasteiger partial charge >= 0.3 is 0 Å². The Labute approximate surface area is 101 Å². The van der Waals surface area contributed by atoms with Crippen molar-refractivity contribution in [2.45, 2.75) is 12.5 Å². The molecule has 1 saturated heterocycles. The molecule has 0 spiro atoms. The van der Waals surface area contributed by atoms with E-state index in [2.05, 4.69) is 5.43 Å². The molecule has 0 aromatic heterocycles. The number of amides is 2. The average Bonchev–Trinajstić information content (AvgIpc) is 2.48. The van der Waals surface area contributed by atoms with E-state index < -0.39 is 6.04 Å². The Hall–Kier alpha value is -1.18. The summed E-state index contributed by atoms with van der Waals surface area (Å²) in [5.41, 5.74) is 2.11. The largest absolute Gasteiger partial charge is 0.383 e. The molecule has 0 aliphatic carbocycles. The molecular weight excluding hydrogens is 224 g/mol. The predicted octanol–water partition coefficient (Wildman–Crippen LogP) is -1.84. The van der Waals surface area contributed by atoms with Crippen LogP contribution in [0.4, 0.5) is 0 Å². The molecule has 0 aromatic carbocycles. The minimum Gasteiger partial charge on any atom is -0.383 e. The highest BCUT2D eigenvalue weighted by Crippen LogP contribution is 2.07. The topological polar surface area (TPSA) is 87.9 Å². The van der Waals surface area contributed by atoms with E-state index in [0.717, 1.165) is 6.42 Å². The smallest absolute Gasteiger partial charge is 0.253 e. The summed E-state index contributed by atoms with van der Waals surface area (Å²) in [6.45, 7) is 1.83. The maximum absolute atomic E-state index is 11.7. The summed E-state index contributed by atoms with van der Waals surface area (Å²) in [5, 5.41) is 0. The number of nitrogens with one attached hydrogen (secondary N) is 1. The number of ether oxygens (including phenoxy) is 1. The third-order valence-electron chi connectivity index (χ3n) is 2.91. The van der Waals surface area contributed by atoms with Crippen LogP contribution in [-0.4, -0.2) is 68.1 Å². The van der Waals surface area contributed by atoms with Gasteiger partial charge in [-0.05, 0) is 6.42 Å². The van der Waals surface area contributed by atoms with Gasteiger partial charge < -0.3 is 9.64 Å². The van der Waals surface area contributed by atoms with Crippen LogP contribution in [0.5, 0.6) is 0 Å². The standard InChI is InChI=1S/C10H20N4O3/c1-13-4-3-5-14(6-9(13)15)8(7-17-2)10(16)12-11/h8H,3-7,11H2,1-2H3,(H,12,16). The summed E-state index contributed by atoms with van der Waals surface area (Å²) in [4.78, 5) is 26.8. The molecule has 0 saturated carbocycles. The summed E-state index contributed by atoms with van der Waals surface area (Å²) < 4.78 is 5.00. The van der Waals surface area contributed by atoms with Gasteiger partial charge in [0.05, 0.1) is 13.2 Å². The van der Waals surface area contributed by atoms with Crippen molar-refractivity contribution in [3.63, 3.8) is 0 Å². The van der Waals surface area contributed by atoms with E-state index in [1.807, 2.05) is 0 Å². The molecule has 1 aliphatic heterocycles. The van der Waals surface area contributed by atoms with Crippen molar-refractivity contribution in [2.75, 3.05) is 40.4 Å². The van der Waals surface area contributed by atoms with E-state index >= 15 is 0 Å². The number of nitrogens with zero attached hydrogens (tertiary/aromatic N) is 2. The van der Waals surface area contributed by atoms with Crippen LogP contribution in [0.2, 0.25) is 0 Å². The second kappa shape index (κ2) is 6.53. The first-order valence-electron chi connectivity index (χ1n) is 5.57. The molecule has 0 bridgehead atoms. The molecule has 7 heteroatoms. The summed E-state index contributed by atoms with van der Waals surface area (Å²) in [6, 6.07) is -0.513. The molecule has 98 valence electrons. The maximum atomic E-state index is 11.7. The maximum Gasteiger partial charge on any atom is 0.253 e. The second-order valence-corrected chi connectivity index (χ2v) is 4.12. The number of carbonyl (C=O) groups is 2. The van der Waals surface area contributed by atoms with Gasteiger partial charge in [-0.3, -0.25) is 19.9 Å². The fraction of sp³-hybridized carbons (Fsp3) is 0.800. The van der Waals surface area contributed by atoms with Gasteiger partial charge in [-0.15, -0.1) is 0 Å². The van der Waals surface area contributed by atoms with Crippen LogP contribution in [0.15, 0.2) is 0 Å². The van der Waals surface area contributed by atoms with Crippen molar-refractivity contribution in [1.29, 1.82) is 0 Å². The van der Waals surface area contributed by atoms with Gasteiger partial charge in [-0.2, -0.15) is 0 Å². The van der Waals surface area contributed by atoms with E-state index in [4.69, 9.17) is 10.6 Å². The quantitative estimate of drug-likeness (QED) is 0.344. The van der Waals surface area contributed by atoms with Gasteiger partial charge in [0.1, 0.15) is 6.04 Å². The minimum atomic E-state index is -0.513. The van der Waals surface area contributed by atoms with Crippen molar-refractivity contribution >= 4 is 11.8 Å². The molecule has 17 heavy (non-hydrogen) atoms. The highest BCUT2D eigenvalue weighted by atomic mass is 16.5. The number of carbonyl (C=O) groups excluding carboxylic acids is 2. The van der Waals surface area contributed by atoms with Crippen molar-refractivity contribution in [3.8, 4) is 0 Å². The Morgan fingerprint density at radius 1 is 1.59 bits per heavy atom. The van der Waals surface area contributed by atoms with Gasteiger partial charge in [0.2, 0.25) is 5.91 Å². The zero-order valence-corrected chi connectivity index (χ0v) is 10.3. The van der Waals surface area contributed by atoms with Crippen LogP contribution >= 0.6 is 0 Å². The van der Waals surface area contributed by atoms with E-state index in [1.54, 1.807) is 16.8 Å². The van der Waals surface area contributed by atoms with E-state index in [1.165, 1.54) is 7.11 Å². The highest BCUT2D eigenvalue weighted by Gasteiger charge is 2.29. The van der Waals surface area contributed by atoms with Crippen LogP contribution in [-0.2, 0) is 14.3 Å². The number of hydrogen-bond donors (Lipinski definition) is 2. The lowest BCUT2D eigenvalue weighted by Crippen LogP contribution is -2.53. The Morgan fingerprint density at radius 3 is 2.88 bits per heavy atom. The Kier molecular flexibility index (Phi) is 5.33. The highest BCUT2D eigenvalue weighted by molar-refractivity contribution is 5.83. The van der Waals surface area contributed by atoms with E-state index in [-0.39, 0.29) is 25.0 Å². The molecule has 0 aromatic rings. The van der Waals surface area contributed by atoms with Crippen LogP contribution in [0, 0.1) is 0 Å². The van der Waals surface area contributed by atoms with Crippen LogP contribution in [0.25, 0.3) is 0 Å². The molecular formula is C10H20N4O3. The number of likely N-dealkylation sites (N-methyl/N-ethyl adjacent to an activating group) is 1. The molecule has 2 amide bonds. The number of methoxy groups -OCH3 is 1. The van der Waals surface area contributed by atoms with Crippen molar-refractivity contribution in [3.05, 3.63) is 0 Å². The van der Waals surface area contributed by atoms with Gasteiger partial charge in [0.25, 0.3) is 5.91 Å². The molecule has 3 N–H and O–H groups in total. The van der Waals surface area contributed by atoms with Gasteiger partial charge in [0.15, 0.2) is 0 Å². The van der Waals surface area contributed by atoms with Gasteiger partial charge in [0, 0.05) is 27.2 Å². The van der Waals surface area contributed by atoms with E-state index in [0.29, 0.717) is 13.1 Å². The normalized spacial score (nSPS) is 19.9. The molecule has 0 radical (unpaired) electrons. The summed E-state index contributed by atoms with van der Waals surface area (Å²) in [5.74, 6) is 4.81. The predicted molar refractivity (Wildman–Crippen MR) is 61.8 cm³/mol. The zero-order valence-electron chi connectivity index (χ0n) is 10.3. The fourth-order valence-corrected chi connectivity index (χ4v) is 1.88. The van der Waals surface area contributed by atoms with Crippen molar-refractivity contribution in [2.24, 2.45) is 5.84 Å². The minimum absolute atomic E-state index is 0.00780. The summed E-state index contributed by atoms with van der Waals surface area (Å²) >= 11 is 0. The summed E-state index contributed by atoms with van der Waals surface area (Å²) in [7, 11) is 3.28. The van der Waals surface area contributed by atoms with Crippen LogP contribution in [0.1, 0.15) is 6.42 Å². The van der Waals surface area contributed by atoms with Crippen molar-refractivity contribution in [1.82, 2.24) is 15.2 Å². The molecule has 7 nitrogen and oxygen atoms in total. The first kappa shape index (κ1) is 13.9. The van der Waals surface area contributed by atoms with Gasteiger partial charge in [-0.25, -0.2) is 5.84 Å². The summed E-state index contributed by atoms with van der Waals surface area (Å²) in [6.07, 6.45) is 0.834.